The highest BCUT2D eigenvalue weighted by Gasteiger charge is 2.03. The molecule has 1 N–H and O–H groups in total. The van der Waals surface area contributed by atoms with Crippen LogP contribution in [0.15, 0.2) is 35.3 Å². The van der Waals surface area contributed by atoms with Crippen molar-refractivity contribution in [3.63, 3.8) is 0 Å². The average Bonchev–Trinajstić information content (AvgIpc) is 2.36. The molecule has 0 saturated carbocycles. The van der Waals surface area contributed by atoms with Gasteiger partial charge in [-0.3, -0.25) is 0 Å². The molecule has 18 heavy (non-hydrogen) atoms. The molecule has 1 aromatic rings. The lowest BCUT2D eigenvalue weighted by atomic mass is 10.2. The van der Waals surface area contributed by atoms with Crippen LogP contribution in [0.1, 0.15) is 31.2 Å². The van der Waals surface area contributed by atoms with E-state index in [9.17, 15) is 0 Å². The fraction of sp³-hybridized carbons (Fsp3) is 0.467. The van der Waals surface area contributed by atoms with Crippen LogP contribution in [0.2, 0.25) is 0 Å². The first-order chi connectivity index (χ1) is 8.77. The van der Waals surface area contributed by atoms with Gasteiger partial charge in [-0.2, -0.15) is 0 Å². The maximum Gasteiger partial charge on any atom is 0.123 e. The predicted molar refractivity (Wildman–Crippen MR) is 81.1 cm³/mol. The van der Waals surface area contributed by atoms with Gasteiger partial charge in [0.25, 0.3) is 0 Å². The quantitative estimate of drug-likeness (QED) is 0.542. The Hall–Kier alpha value is -0.800. The molecule has 0 amide bonds. The van der Waals surface area contributed by atoms with Gasteiger partial charge in [0.2, 0.25) is 0 Å². The van der Waals surface area contributed by atoms with Crippen molar-refractivity contribution < 1.29 is 4.74 Å². The van der Waals surface area contributed by atoms with Crippen molar-refractivity contribution >= 4 is 15.9 Å². The smallest absolute Gasteiger partial charge is 0.123 e. The van der Waals surface area contributed by atoms with Crippen LogP contribution in [0.4, 0.5) is 0 Å². The Morgan fingerprint density at radius 2 is 2.17 bits per heavy atom. The van der Waals surface area contributed by atoms with E-state index in [4.69, 9.17) is 4.74 Å². The van der Waals surface area contributed by atoms with E-state index < -0.39 is 0 Å². The molecule has 0 aliphatic rings. The van der Waals surface area contributed by atoms with Crippen molar-refractivity contribution in [3.05, 3.63) is 40.9 Å². The van der Waals surface area contributed by atoms with Crippen LogP contribution >= 0.6 is 15.9 Å². The third-order valence-corrected chi connectivity index (χ3v) is 3.19. The van der Waals surface area contributed by atoms with Crippen molar-refractivity contribution in [1.82, 2.24) is 5.32 Å². The molecule has 0 radical (unpaired) electrons. The van der Waals surface area contributed by atoms with Gasteiger partial charge in [-0.15, -0.1) is 6.58 Å². The Labute approximate surface area is 119 Å². The van der Waals surface area contributed by atoms with Gasteiger partial charge in [0.15, 0.2) is 0 Å². The molecule has 0 bridgehead atoms. The van der Waals surface area contributed by atoms with E-state index in [-0.39, 0.29) is 0 Å². The van der Waals surface area contributed by atoms with Crippen molar-refractivity contribution in [1.29, 1.82) is 0 Å². The molecule has 0 atom stereocenters. The van der Waals surface area contributed by atoms with Crippen LogP contribution in [0.25, 0.3) is 0 Å². The molecule has 2 nitrogen and oxygen atoms in total. The lowest BCUT2D eigenvalue weighted by molar-refractivity contribution is 0.302. The Balaban J connectivity index is 2.38. The van der Waals surface area contributed by atoms with Crippen LogP contribution in [0, 0.1) is 0 Å². The van der Waals surface area contributed by atoms with Gasteiger partial charge in [-0.05, 0) is 50.9 Å². The maximum atomic E-state index is 5.84. The monoisotopic (exact) mass is 311 g/mol. The summed E-state index contributed by atoms with van der Waals surface area (Å²) >= 11 is 3.48. The minimum Gasteiger partial charge on any atom is -0.493 e. The standard InChI is InChI=1S/C15H22BrNO/c1-3-4-5-6-7-10-18-15-9-8-14(16)11-13(15)12-17-2/h3,8-9,11,17H,1,4-7,10,12H2,2H3. The van der Waals surface area contributed by atoms with E-state index in [2.05, 4.69) is 33.9 Å². The third kappa shape index (κ3) is 5.69. The van der Waals surface area contributed by atoms with Gasteiger partial charge in [0, 0.05) is 16.6 Å². The summed E-state index contributed by atoms with van der Waals surface area (Å²) in [5.74, 6) is 0.983. The molecule has 0 saturated heterocycles. The number of allylic oxidation sites excluding steroid dienone is 1. The zero-order chi connectivity index (χ0) is 13.2. The first kappa shape index (κ1) is 15.3. The second-order valence-corrected chi connectivity index (χ2v) is 5.18. The predicted octanol–water partition coefficient (Wildman–Crippen LogP) is 4.29. The zero-order valence-electron chi connectivity index (χ0n) is 11.0. The van der Waals surface area contributed by atoms with E-state index in [0.717, 1.165) is 36.2 Å². The number of unbranched alkanes of at least 4 members (excludes halogenated alkanes) is 3. The minimum absolute atomic E-state index is 0.787. The molecule has 0 aromatic heterocycles. The Bertz CT molecular complexity index is 366. The molecule has 1 aromatic carbocycles. The summed E-state index contributed by atoms with van der Waals surface area (Å²) in [7, 11) is 1.94. The number of rotatable bonds is 9. The fourth-order valence-corrected chi connectivity index (χ4v) is 2.18. The molecule has 0 aliphatic heterocycles. The van der Waals surface area contributed by atoms with Crippen molar-refractivity contribution in [2.24, 2.45) is 0 Å². The molecule has 0 spiro atoms. The Morgan fingerprint density at radius 1 is 1.33 bits per heavy atom. The molecule has 1 rings (SSSR count). The average molecular weight is 312 g/mol. The van der Waals surface area contributed by atoms with Crippen LogP contribution < -0.4 is 10.1 Å². The first-order valence-corrected chi connectivity index (χ1v) is 7.24. The van der Waals surface area contributed by atoms with E-state index in [1.165, 1.54) is 18.4 Å². The zero-order valence-corrected chi connectivity index (χ0v) is 12.6. The third-order valence-electron chi connectivity index (χ3n) is 2.70. The normalized spacial score (nSPS) is 10.3. The number of nitrogens with one attached hydrogen (secondary N) is 1. The lowest BCUT2D eigenvalue weighted by Gasteiger charge is -2.11. The van der Waals surface area contributed by atoms with Gasteiger partial charge in [-0.1, -0.05) is 22.0 Å². The number of hydrogen-bond acceptors (Lipinski definition) is 2. The highest BCUT2D eigenvalue weighted by atomic mass is 79.9. The van der Waals surface area contributed by atoms with Gasteiger partial charge < -0.3 is 10.1 Å². The lowest BCUT2D eigenvalue weighted by Crippen LogP contribution is -2.08. The minimum atomic E-state index is 0.787. The Morgan fingerprint density at radius 3 is 2.89 bits per heavy atom. The Kier molecular flexibility index (Phi) is 7.78. The molecular formula is C15H22BrNO. The number of benzene rings is 1. The summed E-state index contributed by atoms with van der Waals surface area (Å²) in [5.41, 5.74) is 1.19. The highest BCUT2D eigenvalue weighted by Crippen LogP contribution is 2.23. The second-order valence-electron chi connectivity index (χ2n) is 4.27. The van der Waals surface area contributed by atoms with Gasteiger partial charge in [0.1, 0.15) is 5.75 Å². The van der Waals surface area contributed by atoms with E-state index >= 15 is 0 Å². The second kappa shape index (κ2) is 9.17. The first-order valence-electron chi connectivity index (χ1n) is 6.44. The summed E-state index contributed by atoms with van der Waals surface area (Å²) in [6.07, 6.45) is 6.58. The summed E-state index contributed by atoms with van der Waals surface area (Å²) in [5, 5.41) is 3.16. The van der Waals surface area contributed by atoms with Gasteiger partial charge >= 0.3 is 0 Å². The fourth-order valence-electron chi connectivity index (χ4n) is 1.77. The highest BCUT2D eigenvalue weighted by molar-refractivity contribution is 9.10. The molecular weight excluding hydrogens is 290 g/mol. The summed E-state index contributed by atoms with van der Waals surface area (Å²) in [6.45, 7) is 5.34. The topological polar surface area (TPSA) is 21.3 Å². The van der Waals surface area contributed by atoms with E-state index in [1.54, 1.807) is 0 Å². The van der Waals surface area contributed by atoms with Crippen LogP contribution in [-0.2, 0) is 6.54 Å². The maximum absolute atomic E-state index is 5.84. The van der Waals surface area contributed by atoms with Crippen LogP contribution in [-0.4, -0.2) is 13.7 Å². The largest absolute Gasteiger partial charge is 0.493 e. The molecule has 0 unspecified atom stereocenters. The number of halogens is 1. The van der Waals surface area contributed by atoms with Gasteiger partial charge in [-0.25, -0.2) is 0 Å². The molecule has 0 fully saturated rings. The summed E-state index contributed by atoms with van der Waals surface area (Å²) in [6, 6.07) is 6.15. The molecule has 0 heterocycles. The molecule has 100 valence electrons. The summed E-state index contributed by atoms with van der Waals surface area (Å²) < 4.78 is 6.93. The van der Waals surface area contributed by atoms with E-state index in [0.29, 0.717) is 0 Å². The van der Waals surface area contributed by atoms with Crippen LogP contribution in [0.5, 0.6) is 5.75 Å². The van der Waals surface area contributed by atoms with E-state index in [1.807, 2.05) is 25.3 Å². The summed E-state index contributed by atoms with van der Waals surface area (Å²) in [4.78, 5) is 0. The number of ether oxygens (including phenoxy) is 1. The van der Waals surface area contributed by atoms with Crippen molar-refractivity contribution in [2.45, 2.75) is 32.2 Å². The SMILES string of the molecule is C=CCCCCCOc1ccc(Br)cc1CNC. The number of hydrogen-bond donors (Lipinski definition) is 1. The van der Waals surface area contributed by atoms with Crippen LogP contribution in [0.3, 0.4) is 0 Å². The molecule has 3 heteroatoms. The van der Waals surface area contributed by atoms with Gasteiger partial charge in [0.05, 0.1) is 6.61 Å². The van der Waals surface area contributed by atoms with Crippen molar-refractivity contribution in [2.75, 3.05) is 13.7 Å². The van der Waals surface area contributed by atoms with Crippen molar-refractivity contribution in [3.8, 4) is 5.75 Å². The molecule has 0 aliphatic carbocycles.